The van der Waals surface area contributed by atoms with E-state index >= 15 is 0 Å². The van der Waals surface area contributed by atoms with Crippen molar-refractivity contribution in [1.29, 1.82) is 0 Å². The predicted molar refractivity (Wildman–Crippen MR) is 142 cm³/mol. The van der Waals surface area contributed by atoms with Gasteiger partial charge in [0.25, 0.3) is 0 Å². The lowest BCUT2D eigenvalue weighted by Crippen LogP contribution is -2.43. The first kappa shape index (κ1) is 23.9. The van der Waals surface area contributed by atoms with Crippen LogP contribution in [-0.4, -0.2) is 64.3 Å². The molecule has 3 aliphatic heterocycles. The molecule has 1 N–H and O–H groups in total. The number of H-pyrrole nitrogens is 1. The molecule has 0 radical (unpaired) electrons. The highest BCUT2D eigenvalue weighted by atomic mass is 16.5. The highest BCUT2D eigenvalue weighted by Gasteiger charge is 2.43. The number of aryl methyl sites for hydroxylation is 2. The number of piperidine rings is 1. The van der Waals surface area contributed by atoms with E-state index in [-0.39, 0.29) is 17.4 Å². The van der Waals surface area contributed by atoms with Gasteiger partial charge in [0.15, 0.2) is 0 Å². The number of fused-ring (bicyclic) bond motifs is 3. The number of aliphatic imine (C=N–C) groups is 1. The first-order valence-electron chi connectivity index (χ1n) is 13.2. The van der Waals surface area contributed by atoms with Crippen molar-refractivity contribution in [1.82, 2.24) is 20.0 Å². The smallest absolute Gasteiger partial charge is 0.245 e. The molecule has 0 aliphatic carbocycles. The van der Waals surface area contributed by atoms with Crippen LogP contribution in [0.5, 0.6) is 5.75 Å². The molecule has 3 aromatic rings. The molecule has 0 saturated carbocycles. The van der Waals surface area contributed by atoms with Crippen molar-refractivity contribution in [2.24, 2.45) is 4.99 Å². The van der Waals surface area contributed by atoms with Gasteiger partial charge in [-0.1, -0.05) is 18.2 Å². The van der Waals surface area contributed by atoms with Crippen molar-refractivity contribution < 1.29 is 14.3 Å². The van der Waals surface area contributed by atoms with E-state index in [1.54, 1.807) is 11.1 Å². The van der Waals surface area contributed by atoms with Crippen molar-refractivity contribution in [3.63, 3.8) is 0 Å². The Bertz CT molecular complexity index is 1390. The van der Waals surface area contributed by atoms with Crippen molar-refractivity contribution in [3.8, 4) is 5.75 Å². The van der Waals surface area contributed by atoms with Gasteiger partial charge in [0.1, 0.15) is 5.75 Å². The number of nitrogens with zero attached hydrogens (tertiary/aromatic N) is 4. The number of benzene rings is 2. The second kappa shape index (κ2) is 9.41. The lowest BCUT2D eigenvalue weighted by molar-refractivity contribution is -0.122. The van der Waals surface area contributed by atoms with E-state index in [0.29, 0.717) is 26.0 Å². The van der Waals surface area contributed by atoms with E-state index in [0.717, 1.165) is 67.0 Å². The monoisotopic (exact) mass is 499 g/mol. The van der Waals surface area contributed by atoms with Gasteiger partial charge in [0.05, 0.1) is 18.2 Å². The molecule has 1 unspecified atom stereocenters. The third-order valence-corrected chi connectivity index (χ3v) is 8.54. The number of hydrogen-bond donors (Lipinski definition) is 1. The predicted octanol–water partition coefficient (Wildman–Crippen LogP) is 3.82. The van der Waals surface area contributed by atoms with Gasteiger partial charge in [-0.25, -0.2) is 4.99 Å². The van der Waals surface area contributed by atoms with Gasteiger partial charge in [0.2, 0.25) is 12.3 Å². The van der Waals surface area contributed by atoms with Crippen molar-refractivity contribution in [2.75, 3.05) is 19.7 Å². The van der Waals surface area contributed by atoms with Crippen LogP contribution in [0.2, 0.25) is 0 Å². The topological polar surface area (TPSA) is 90.9 Å². The Morgan fingerprint density at radius 1 is 1.22 bits per heavy atom. The lowest BCUT2D eigenvalue weighted by Gasteiger charge is -2.39. The Kier molecular flexibility index (Phi) is 6.07. The minimum Gasteiger partial charge on any atom is -0.492 e. The number of nitrogens with one attached hydrogen (secondary N) is 1. The summed E-state index contributed by atoms with van der Waals surface area (Å²) in [5, 5.41) is 8.86. The van der Waals surface area contributed by atoms with Crippen LogP contribution in [0.25, 0.3) is 10.9 Å². The van der Waals surface area contributed by atoms with Crippen LogP contribution in [0, 0.1) is 13.8 Å². The summed E-state index contributed by atoms with van der Waals surface area (Å²) in [6.45, 7) is 8.24. The first-order valence-corrected chi connectivity index (χ1v) is 13.2. The quantitative estimate of drug-likeness (QED) is 0.521. The number of likely N-dealkylation sites (tertiary alicyclic amines) is 1. The maximum Gasteiger partial charge on any atom is 0.245 e. The summed E-state index contributed by atoms with van der Waals surface area (Å²) >= 11 is 0. The molecule has 2 aromatic carbocycles. The van der Waals surface area contributed by atoms with Gasteiger partial charge in [-0.3, -0.25) is 19.6 Å². The molecule has 1 fully saturated rings. The van der Waals surface area contributed by atoms with E-state index in [9.17, 15) is 9.59 Å². The van der Waals surface area contributed by atoms with E-state index in [4.69, 9.17) is 4.74 Å². The number of para-hydroxylation sites is 1. The Balaban J connectivity index is 1.18. The fourth-order valence-electron chi connectivity index (χ4n) is 6.13. The van der Waals surface area contributed by atoms with Gasteiger partial charge < -0.3 is 9.64 Å². The fourth-order valence-corrected chi connectivity index (χ4v) is 6.13. The summed E-state index contributed by atoms with van der Waals surface area (Å²) in [7, 11) is 0. The number of amides is 2. The first-order chi connectivity index (χ1) is 18.0. The number of aromatic nitrogens is 2. The van der Waals surface area contributed by atoms with Gasteiger partial charge in [0, 0.05) is 47.8 Å². The number of carbonyl (C=O) groups excluding carboxylic acids is 2. The second-order valence-corrected chi connectivity index (χ2v) is 10.8. The zero-order valence-corrected chi connectivity index (χ0v) is 21.5. The van der Waals surface area contributed by atoms with Gasteiger partial charge >= 0.3 is 0 Å². The Hall–Kier alpha value is -3.52. The minimum absolute atomic E-state index is 0.00788. The van der Waals surface area contributed by atoms with Crippen LogP contribution in [-0.2, 0) is 28.1 Å². The van der Waals surface area contributed by atoms with Gasteiger partial charge in [-0.05, 0) is 75.0 Å². The number of carbonyl (C=O) groups is 2. The van der Waals surface area contributed by atoms with E-state index in [1.165, 1.54) is 16.5 Å². The van der Waals surface area contributed by atoms with Gasteiger partial charge in [-0.15, -0.1) is 0 Å². The molecule has 8 heteroatoms. The number of rotatable bonds is 6. The third-order valence-electron chi connectivity index (χ3n) is 8.54. The fraction of sp³-hybridized carbons (Fsp3) is 0.448. The maximum atomic E-state index is 11.9. The molecule has 3 aliphatic rings. The molecule has 2 amide bonds. The summed E-state index contributed by atoms with van der Waals surface area (Å²) in [4.78, 5) is 31.6. The Labute approximate surface area is 216 Å². The minimum atomic E-state index is -0.140. The Morgan fingerprint density at radius 3 is 2.81 bits per heavy atom. The average Bonchev–Trinajstić information content (AvgIpc) is 3.45. The molecule has 6 rings (SSSR count). The zero-order chi connectivity index (χ0) is 25.6. The van der Waals surface area contributed by atoms with Crippen molar-refractivity contribution in [3.05, 3.63) is 58.3 Å². The van der Waals surface area contributed by atoms with Crippen LogP contribution in [0.3, 0.4) is 0 Å². The molecule has 1 saturated heterocycles. The molecular formula is C29H33N5O3. The summed E-state index contributed by atoms with van der Waals surface area (Å²) in [6.07, 6.45) is 5.58. The number of hydrogen-bond acceptors (Lipinski definition) is 5. The third kappa shape index (κ3) is 4.33. The SMILES string of the molecule is Cc1cc2c(cc1CN(C=O)C1C=NC(=O)CC1)C1(CCN(Cc3cccc4c(C)[nH]nc34)CC1)CO2. The summed E-state index contributed by atoms with van der Waals surface area (Å²) in [6, 6.07) is 10.7. The van der Waals surface area contributed by atoms with Crippen LogP contribution < -0.4 is 4.74 Å². The van der Waals surface area contributed by atoms with E-state index in [1.807, 2.05) is 0 Å². The molecule has 1 atom stereocenters. The Morgan fingerprint density at radius 2 is 2.05 bits per heavy atom. The van der Waals surface area contributed by atoms with Crippen molar-refractivity contribution >= 4 is 29.4 Å². The highest BCUT2D eigenvalue weighted by Crippen LogP contribution is 2.47. The molecule has 37 heavy (non-hydrogen) atoms. The molecule has 1 spiro atoms. The zero-order valence-electron chi connectivity index (χ0n) is 21.5. The standard InChI is InChI=1S/C29H33N5O3/c1-19-12-26-25(13-22(19)16-34(18-35)23-6-7-27(36)30-14-23)29(17-37-26)8-10-33(11-9-29)15-21-4-3-5-24-20(2)31-32-28(21)24/h3-5,12-14,18,23H,6-11,15-17H2,1-2H3,(H,31,32). The molecule has 192 valence electrons. The molecule has 4 heterocycles. The molecule has 0 bridgehead atoms. The average molecular weight is 500 g/mol. The largest absolute Gasteiger partial charge is 0.492 e. The normalized spacial score (nSPS) is 20.8. The van der Waals surface area contributed by atoms with Crippen LogP contribution in [0.4, 0.5) is 0 Å². The van der Waals surface area contributed by atoms with Crippen LogP contribution in [0.1, 0.15) is 53.6 Å². The van der Waals surface area contributed by atoms with Crippen LogP contribution in [0.15, 0.2) is 35.3 Å². The number of ether oxygens (including phenoxy) is 1. The van der Waals surface area contributed by atoms with E-state index in [2.05, 4.69) is 64.3 Å². The molecular weight excluding hydrogens is 466 g/mol. The lowest BCUT2D eigenvalue weighted by atomic mass is 9.73. The second-order valence-electron chi connectivity index (χ2n) is 10.8. The highest BCUT2D eigenvalue weighted by molar-refractivity contribution is 5.89. The maximum absolute atomic E-state index is 11.9. The molecule has 8 nitrogen and oxygen atoms in total. The van der Waals surface area contributed by atoms with Crippen LogP contribution >= 0.6 is 0 Å². The number of aromatic amines is 1. The summed E-state index contributed by atoms with van der Waals surface area (Å²) in [5.74, 6) is 0.867. The summed E-state index contributed by atoms with van der Waals surface area (Å²) in [5.41, 5.74) is 6.97. The summed E-state index contributed by atoms with van der Waals surface area (Å²) < 4.78 is 6.23. The van der Waals surface area contributed by atoms with E-state index < -0.39 is 0 Å². The van der Waals surface area contributed by atoms with Crippen molar-refractivity contribution in [2.45, 2.75) is 64.1 Å². The molecule has 1 aromatic heterocycles. The van der Waals surface area contributed by atoms with Gasteiger partial charge in [-0.2, -0.15) is 5.10 Å².